The summed E-state index contributed by atoms with van der Waals surface area (Å²) in [4.78, 5) is 11.9. The molecule has 18 heavy (non-hydrogen) atoms. The molecule has 1 aromatic carbocycles. The van der Waals surface area contributed by atoms with E-state index in [9.17, 15) is 4.79 Å². The zero-order valence-corrected chi connectivity index (χ0v) is 10.8. The molecule has 1 aromatic heterocycles. The van der Waals surface area contributed by atoms with Crippen LogP contribution in [-0.2, 0) is 6.42 Å². The lowest BCUT2D eigenvalue weighted by molar-refractivity contribution is 0.701. The van der Waals surface area contributed by atoms with Gasteiger partial charge in [-0.15, -0.1) is 0 Å². The molecule has 1 fully saturated rings. The van der Waals surface area contributed by atoms with E-state index in [1.807, 2.05) is 18.2 Å². The summed E-state index contributed by atoms with van der Waals surface area (Å²) in [6, 6.07) is 9.02. The Kier molecular flexibility index (Phi) is 3.00. The Hall–Kier alpha value is -1.48. The fourth-order valence-corrected chi connectivity index (χ4v) is 2.37. The maximum absolute atomic E-state index is 11.9. The van der Waals surface area contributed by atoms with Crippen molar-refractivity contribution in [1.29, 1.82) is 0 Å². The third-order valence-corrected chi connectivity index (χ3v) is 3.71. The summed E-state index contributed by atoms with van der Waals surface area (Å²) in [6.45, 7) is 0. The molecule has 0 amide bonds. The smallest absolute Gasteiger partial charge is 0.271 e. The summed E-state index contributed by atoms with van der Waals surface area (Å²) in [6.07, 6.45) is 4.80. The number of hydrogen-bond acceptors (Lipinski definition) is 1. The highest BCUT2D eigenvalue weighted by Gasteiger charge is 2.21. The van der Waals surface area contributed by atoms with Gasteiger partial charge in [-0.1, -0.05) is 36.6 Å². The normalized spacial score (nSPS) is 14.9. The van der Waals surface area contributed by atoms with Gasteiger partial charge in [-0.25, -0.2) is 4.68 Å². The second kappa shape index (κ2) is 4.65. The van der Waals surface area contributed by atoms with Crippen molar-refractivity contribution in [2.45, 2.75) is 25.7 Å². The number of H-pyrrole nitrogens is 1. The predicted octanol–water partition coefficient (Wildman–Crippen LogP) is 3.16. The van der Waals surface area contributed by atoms with Crippen molar-refractivity contribution in [3.63, 3.8) is 0 Å². The molecular weight excluding hydrogens is 248 g/mol. The molecule has 0 radical (unpaired) electrons. The maximum Gasteiger partial charge on any atom is 0.271 e. The van der Waals surface area contributed by atoms with Crippen LogP contribution in [0.5, 0.6) is 0 Å². The van der Waals surface area contributed by atoms with E-state index in [4.69, 9.17) is 11.6 Å². The molecule has 4 heteroatoms. The third-order valence-electron chi connectivity index (χ3n) is 3.39. The van der Waals surface area contributed by atoms with Crippen molar-refractivity contribution < 1.29 is 0 Å². The topological polar surface area (TPSA) is 37.8 Å². The van der Waals surface area contributed by atoms with Crippen LogP contribution >= 0.6 is 11.6 Å². The fraction of sp³-hybridized carbons (Fsp3) is 0.357. The van der Waals surface area contributed by atoms with Gasteiger partial charge in [-0.3, -0.25) is 9.89 Å². The Balaban J connectivity index is 1.87. The Morgan fingerprint density at radius 1 is 1.33 bits per heavy atom. The zero-order valence-electron chi connectivity index (χ0n) is 10.0. The first-order valence-corrected chi connectivity index (χ1v) is 6.67. The van der Waals surface area contributed by atoms with Crippen LogP contribution in [0, 0.1) is 5.92 Å². The molecule has 2 aromatic rings. The minimum atomic E-state index is -0.0473. The standard InChI is InChI=1S/C14H15ClN2O/c15-12-3-1-2-4-13(12)17-14(18)9-11(16-17)8-7-10-5-6-10/h1-4,9-10,16H,5-8H2. The highest BCUT2D eigenvalue weighted by atomic mass is 35.5. The number of nitrogens with zero attached hydrogens (tertiary/aromatic N) is 1. The average molecular weight is 263 g/mol. The molecule has 0 unspecified atom stereocenters. The van der Waals surface area contributed by atoms with E-state index in [0.29, 0.717) is 10.7 Å². The lowest BCUT2D eigenvalue weighted by Crippen LogP contribution is -2.13. The number of benzene rings is 1. The molecular formula is C14H15ClN2O. The zero-order chi connectivity index (χ0) is 12.5. The van der Waals surface area contributed by atoms with Gasteiger partial charge in [0.1, 0.15) is 0 Å². The van der Waals surface area contributed by atoms with Gasteiger partial charge in [0.2, 0.25) is 0 Å². The summed E-state index contributed by atoms with van der Waals surface area (Å²) in [5.74, 6) is 0.872. The molecule has 1 saturated carbocycles. The van der Waals surface area contributed by atoms with Gasteiger partial charge >= 0.3 is 0 Å². The van der Waals surface area contributed by atoms with E-state index in [-0.39, 0.29) is 5.56 Å². The van der Waals surface area contributed by atoms with Crippen molar-refractivity contribution in [2.75, 3.05) is 0 Å². The van der Waals surface area contributed by atoms with E-state index in [0.717, 1.165) is 18.0 Å². The summed E-state index contributed by atoms with van der Waals surface area (Å²) in [7, 11) is 0. The first kappa shape index (κ1) is 11.6. The average Bonchev–Trinajstić information content (AvgIpc) is 3.11. The van der Waals surface area contributed by atoms with Crippen LogP contribution in [0.25, 0.3) is 5.69 Å². The van der Waals surface area contributed by atoms with Crippen LogP contribution in [0.1, 0.15) is 25.0 Å². The molecule has 3 rings (SSSR count). The lowest BCUT2D eigenvalue weighted by Gasteiger charge is -2.04. The molecule has 0 aliphatic heterocycles. The second-order valence-corrected chi connectivity index (χ2v) is 5.30. The van der Waals surface area contributed by atoms with E-state index in [1.165, 1.54) is 23.9 Å². The lowest BCUT2D eigenvalue weighted by atomic mass is 10.2. The van der Waals surface area contributed by atoms with Crippen molar-refractivity contribution in [1.82, 2.24) is 9.78 Å². The summed E-state index contributed by atoms with van der Waals surface area (Å²) in [5, 5.41) is 3.72. The highest BCUT2D eigenvalue weighted by Crippen LogP contribution is 2.33. The molecule has 1 aliphatic rings. The van der Waals surface area contributed by atoms with Crippen LogP contribution in [0.2, 0.25) is 5.02 Å². The van der Waals surface area contributed by atoms with Crippen molar-refractivity contribution in [2.24, 2.45) is 5.92 Å². The van der Waals surface area contributed by atoms with E-state index in [2.05, 4.69) is 5.10 Å². The molecule has 0 spiro atoms. The largest absolute Gasteiger partial charge is 0.295 e. The van der Waals surface area contributed by atoms with Crippen LogP contribution in [-0.4, -0.2) is 9.78 Å². The van der Waals surface area contributed by atoms with Gasteiger partial charge in [0.25, 0.3) is 5.56 Å². The van der Waals surface area contributed by atoms with Crippen LogP contribution < -0.4 is 5.56 Å². The molecule has 3 nitrogen and oxygen atoms in total. The van der Waals surface area contributed by atoms with E-state index >= 15 is 0 Å². The number of halogens is 1. The SMILES string of the molecule is O=c1cc(CCC2CC2)[nH]n1-c1ccccc1Cl. The van der Waals surface area contributed by atoms with Gasteiger partial charge < -0.3 is 0 Å². The number of aromatic nitrogens is 2. The molecule has 1 heterocycles. The Morgan fingerprint density at radius 3 is 2.83 bits per heavy atom. The highest BCUT2D eigenvalue weighted by molar-refractivity contribution is 6.32. The van der Waals surface area contributed by atoms with E-state index in [1.54, 1.807) is 12.1 Å². The molecule has 0 saturated heterocycles. The molecule has 0 bridgehead atoms. The molecule has 1 aliphatic carbocycles. The molecule has 1 N–H and O–H groups in total. The van der Waals surface area contributed by atoms with Gasteiger partial charge in [0.05, 0.1) is 10.7 Å². The van der Waals surface area contributed by atoms with Gasteiger partial charge in [0, 0.05) is 11.8 Å². The summed E-state index contributed by atoms with van der Waals surface area (Å²) < 4.78 is 1.52. The first-order valence-electron chi connectivity index (χ1n) is 6.30. The Bertz CT molecular complexity index is 610. The number of nitrogens with one attached hydrogen (secondary N) is 1. The number of rotatable bonds is 4. The van der Waals surface area contributed by atoms with E-state index < -0.39 is 0 Å². The predicted molar refractivity (Wildman–Crippen MR) is 72.4 cm³/mol. The number of para-hydroxylation sites is 1. The summed E-state index contributed by atoms with van der Waals surface area (Å²) >= 11 is 6.10. The number of aromatic amines is 1. The first-order chi connectivity index (χ1) is 8.74. The molecule has 0 atom stereocenters. The third kappa shape index (κ3) is 2.36. The quantitative estimate of drug-likeness (QED) is 0.903. The van der Waals surface area contributed by atoms with Crippen molar-refractivity contribution in [3.8, 4) is 5.69 Å². The summed E-state index contributed by atoms with van der Waals surface area (Å²) in [5.41, 5.74) is 1.66. The van der Waals surface area contributed by atoms with Crippen LogP contribution in [0.3, 0.4) is 0 Å². The molecule has 94 valence electrons. The second-order valence-electron chi connectivity index (χ2n) is 4.89. The van der Waals surface area contributed by atoms with Gasteiger partial charge in [-0.05, 0) is 30.9 Å². The minimum absolute atomic E-state index is 0.0473. The minimum Gasteiger partial charge on any atom is -0.295 e. The van der Waals surface area contributed by atoms with Gasteiger partial charge in [0.15, 0.2) is 0 Å². The van der Waals surface area contributed by atoms with Crippen molar-refractivity contribution in [3.05, 3.63) is 51.4 Å². The van der Waals surface area contributed by atoms with Gasteiger partial charge in [-0.2, -0.15) is 0 Å². The number of hydrogen-bond donors (Lipinski definition) is 1. The Morgan fingerprint density at radius 2 is 2.11 bits per heavy atom. The van der Waals surface area contributed by atoms with Crippen LogP contribution in [0.4, 0.5) is 0 Å². The fourth-order valence-electron chi connectivity index (χ4n) is 2.15. The van der Waals surface area contributed by atoms with Crippen LogP contribution in [0.15, 0.2) is 35.1 Å². The monoisotopic (exact) mass is 262 g/mol. The van der Waals surface area contributed by atoms with Crippen molar-refractivity contribution >= 4 is 11.6 Å². The maximum atomic E-state index is 11.9. The Labute approximate surface area is 110 Å². The number of aryl methyl sites for hydroxylation is 1.